The van der Waals surface area contributed by atoms with Crippen LogP contribution in [0.3, 0.4) is 0 Å². The molecule has 0 spiro atoms. The van der Waals surface area contributed by atoms with Crippen LogP contribution in [0.25, 0.3) is 22.3 Å². The molecule has 1 N–H and O–H groups in total. The van der Waals surface area contributed by atoms with Crippen LogP contribution in [-0.4, -0.2) is 20.6 Å². The number of carbonyl (C=O) groups excluding carboxylic acids is 1. The molecule has 0 bridgehead atoms. The largest absolute Gasteiger partial charge is 0.460 e. The van der Waals surface area contributed by atoms with Crippen LogP contribution in [0.2, 0.25) is 0 Å². The van der Waals surface area contributed by atoms with Gasteiger partial charge in [0.1, 0.15) is 12.2 Å². The second-order valence-corrected chi connectivity index (χ2v) is 7.61. The number of aromatic nitrogens is 2. The lowest BCUT2D eigenvalue weighted by Gasteiger charge is -2.31. The fraction of sp³-hybridized carbons (Fsp3) is 0.318. The monoisotopic (exact) mass is 376 g/mol. The van der Waals surface area contributed by atoms with Crippen LogP contribution in [0, 0.1) is 5.92 Å². The number of hydrogen-bond acceptors (Lipinski definition) is 5. The van der Waals surface area contributed by atoms with Gasteiger partial charge in [-0.25, -0.2) is 4.98 Å². The summed E-state index contributed by atoms with van der Waals surface area (Å²) in [6.45, 7) is 3.75. The lowest BCUT2D eigenvalue weighted by Crippen LogP contribution is -2.38. The highest BCUT2D eigenvalue weighted by atomic mass is 16.5. The maximum absolute atomic E-state index is 13.3. The van der Waals surface area contributed by atoms with Gasteiger partial charge < -0.3 is 14.4 Å². The lowest BCUT2D eigenvalue weighted by molar-refractivity contribution is -0.158. The summed E-state index contributed by atoms with van der Waals surface area (Å²) >= 11 is 0. The zero-order valence-electron chi connectivity index (χ0n) is 15.7. The van der Waals surface area contributed by atoms with Crippen LogP contribution >= 0.6 is 0 Å². The summed E-state index contributed by atoms with van der Waals surface area (Å²) in [5.74, 6) is -1.25. The van der Waals surface area contributed by atoms with Crippen molar-refractivity contribution >= 4 is 16.9 Å². The third-order valence-electron chi connectivity index (χ3n) is 6.21. The van der Waals surface area contributed by atoms with E-state index in [9.17, 15) is 14.7 Å². The van der Waals surface area contributed by atoms with E-state index in [1.54, 1.807) is 11.5 Å². The third-order valence-corrected chi connectivity index (χ3v) is 6.21. The highest BCUT2D eigenvalue weighted by molar-refractivity contribution is 5.84. The SMILES string of the molecule is CC[C@]1(O)c2cc3n(c(=O)c2COC(=O)[C@H]1C)Cc1cc2ccccc2nc1-3. The molecule has 0 unspecified atom stereocenters. The van der Waals surface area contributed by atoms with Crippen molar-refractivity contribution in [3.63, 3.8) is 0 Å². The van der Waals surface area contributed by atoms with Gasteiger partial charge in [0.05, 0.1) is 34.9 Å². The number of benzene rings is 1. The van der Waals surface area contributed by atoms with Crippen molar-refractivity contribution in [1.82, 2.24) is 9.55 Å². The van der Waals surface area contributed by atoms with Crippen molar-refractivity contribution in [2.45, 2.75) is 39.0 Å². The van der Waals surface area contributed by atoms with Crippen LogP contribution in [-0.2, 0) is 28.3 Å². The Balaban J connectivity index is 1.80. The number of fused-ring (bicyclic) bond motifs is 5. The molecule has 2 aliphatic heterocycles. The molecule has 2 aromatic heterocycles. The zero-order valence-corrected chi connectivity index (χ0v) is 15.7. The molecule has 0 saturated heterocycles. The maximum atomic E-state index is 13.3. The van der Waals surface area contributed by atoms with E-state index in [0.717, 1.165) is 22.2 Å². The van der Waals surface area contributed by atoms with Crippen molar-refractivity contribution < 1.29 is 14.6 Å². The number of pyridine rings is 2. The summed E-state index contributed by atoms with van der Waals surface area (Å²) in [7, 11) is 0. The van der Waals surface area contributed by atoms with E-state index < -0.39 is 17.5 Å². The third kappa shape index (κ3) is 2.15. The fourth-order valence-electron chi connectivity index (χ4n) is 4.43. The molecule has 5 rings (SSSR count). The van der Waals surface area contributed by atoms with Crippen molar-refractivity contribution in [1.29, 1.82) is 0 Å². The average Bonchev–Trinajstić information content (AvgIpc) is 3.03. The van der Waals surface area contributed by atoms with Gasteiger partial charge in [-0.1, -0.05) is 25.1 Å². The molecule has 142 valence electrons. The Kier molecular flexibility index (Phi) is 3.52. The molecule has 2 atom stereocenters. The predicted octanol–water partition coefficient (Wildman–Crippen LogP) is 2.72. The van der Waals surface area contributed by atoms with E-state index in [1.807, 2.05) is 37.3 Å². The second-order valence-electron chi connectivity index (χ2n) is 7.61. The first-order valence-corrected chi connectivity index (χ1v) is 9.49. The molecule has 4 heterocycles. The summed E-state index contributed by atoms with van der Waals surface area (Å²) in [4.78, 5) is 30.3. The van der Waals surface area contributed by atoms with E-state index >= 15 is 0 Å². The summed E-state index contributed by atoms with van der Waals surface area (Å²) < 4.78 is 6.95. The molecule has 0 fully saturated rings. The molecule has 0 saturated carbocycles. The fourth-order valence-corrected chi connectivity index (χ4v) is 4.43. The number of carbonyl (C=O) groups is 1. The molecule has 0 amide bonds. The highest BCUT2D eigenvalue weighted by Crippen LogP contribution is 2.41. The van der Waals surface area contributed by atoms with Crippen molar-refractivity contribution in [3.8, 4) is 11.4 Å². The number of hydrogen-bond donors (Lipinski definition) is 1. The summed E-state index contributed by atoms with van der Waals surface area (Å²) in [5, 5.41) is 12.4. The average molecular weight is 376 g/mol. The van der Waals surface area contributed by atoms with Gasteiger partial charge in [-0.3, -0.25) is 9.59 Å². The molecule has 3 aromatic rings. The molecular formula is C22H20N2O4. The number of ether oxygens (including phenoxy) is 1. The lowest BCUT2D eigenvalue weighted by atomic mass is 9.79. The van der Waals surface area contributed by atoms with Gasteiger partial charge in [-0.2, -0.15) is 0 Å². The minimum atomic E-state index is -1.45. The number of aliphatic hydroxyl groups is 1. The van der Waals surface area contributed by atoms with E-state index in [4.69, 9.17) is 9.72 Å². The molecule has 2 aliphatic rings. The quantitative estimate of drug-likeness (QED) is 0.517. The summed E-state index contributed by atoms with van der Waals surface area (Å²) in [6.07, 6.45) is 0.303. The number of cyclic esters (lactones) is 1. The van der Waals surface area contributed by atoms with Gasteiger partial charge in [0.25, 0.3) is 5.56 Å². The number of para-hydroxylation sites is 1. The van der Waals surface area contributed by atoms with Gasteiger partial charge in [0, 0.05) is 10.9 Å². The van der Waals surface area contributed by atoms with Gasteiger partial charge in [-0.15, -0.1) is 0 Å². The minimum absolute atomic E-state index is 0.119. The van der Waals surface area contributed by atoms with Crippen LogP contribution in [0.1, 0.15) is 37.0 Å². The molecule has 1 aromatic carbocycles. The molecule has 6 nitrogen and oxygen atoms in total. The smallest absolute Gasteiger partial charge is 0.312 e. The Morgan fingerprint density at radius 1 is 1.29 bits per heavy atom. The van der Waals surface area contributed by atoms with Gasteiger partial charge in [0.15, 0.2) is 0 Å². The Bertz CT molecular complexity index is 1210. The number of rotatable bonds is 1. The zero-order chi connectivity index (χ0) is 19.6. The van der Waals surface area contributed by atoms with Gasteiger partial charge in [-0.05, 0) is 37.1 Å². The normalized spacial score (nSPS) is 23.0. The van der Waals surface area contributed by atoms with Crippen LogP contribution in [0.5, 0.6) is 0 Å². The Hall–Kier alpha value is -2.99. The van der Waals surface area contributed by atoms with E-state index in [-0.39, 0.29) is 12.2 Å². The number of esters is 1. The molecular weight excluding hydrogens is 356 g/mol. The topological polar surface area (TPSA) is 81.4 Å². The van der Waals surface area contributed by atoms with Gasteiger partial charge in [0.2, 0.25) is 0 Å². The molecule has 0 aliphatic carbocycles. The van der Waals surface area contributed by atoms with Crippen LogP contribution < -0.4 is 5.56 Å². The van der Waals surface area contributed by atoms with E-state index in [2.05, 4.69) is 6.07 Å². The molecule has 6 heteroatoms. The van der Waals surface area contributed by atoms with Crippen LogP contribution in [0.4, 0.5) is 0 Å². The van der Waals surface area contributed by atoms with Crippen molar-refractivity contribution in [3.05, 3.63) is 63.4 Å². The second kappa shape index (κ2) is 5.75. The molecule has 0 radical (unpaired) electrons. The van der Waals surface area contributed by atoms with Gasteiger partial charge >= 0.3 is 5.97 Å². The Morgan fingerprint density at radius 3 is 2.86 bits per heavy atom. The maximum Gasteiger partial charge on any atom is 0.312 e. The number of nitrogens with zero attached hydrogens (tertiary/aromatic N) is 2. The standard InChI is InChI=1S/C22H20N2O4/c1-3-22(27)12(2)21(26)28-11-15-16(22)9-18-19-14(10-24(18)20(15)25)8-13-6-4-5-7-17(13)23-19/h4-9,12,27H,3,10-11H2,1-2H3/t12-,22-/m1/s1. The minimum Gasteiger partial charge on any atom is -0.460 e. The summed E-state index contributed by atoms with van der Waals surface area (Å²) in [6, 6.07) is 11.7. The first-order chi connectivity index (χ1) is 13.4. The predicted molar refractivity (Wildman–Crippen MR) is 104 cm³/mol. The first kappa shape index (κ1) is 17.1. The first-order valence-electron chi connectivity index (χ1n) is 9.49. The highest BCUT2D eigenvalue weighted by Gasteiger charge is 2.45. The van der Waals surface area contributed by atoms with E-state index in [1.165, 1.54) is 0 Å². The van der Waals surface area contributed by atoms with E-state index in [0.29, 0.717) is 29.8 Å². The molecule has 28 heavy (non-hydrogen) atoms. The summed E-state index contributed by atoms with van der Waals surface area (Å²) in [5.41, 5.74) is 2.41. The van der Waals surface area contributed by atoms with Crippen molar-refractivity contribution in [2.24, 2.45) is 5.92 Å². The Labute approximate surface area is 161 Å². The van der Waals surface area contributed by atoms with Crippen molar-refractivity contribution in [2.75, 3.05) is 0 Å². The van der Waals surface area contributed by atoms with Crippen LogP contribution in [0.15, 0.2) is 41.2 Å². The Morgan fingerprint density at radius 2 is 2.07 bits per heavy atom.